The summed E-state index contributed by atoms with van der Waals surface area (Å²) >= 11 is 3.15. The van der Waals surface area contributed by atoms with Crippen molar-refractivity contribution in [3.05, 3.63) is 32.8 Å². The molecule has 0 saturated carbocycles. The van der Waals surface area contributed by atoms with Gasteiger partial charge in [0, 0.05) is 12.5 Å². The second-order valence-corrected chi connectivity index (χ2v) is 3.88. The SMILES string of the molecule is CCC(=O)COc1c(Br)cccc1[N+](=O)[O-]. The van der Waals surface area contributed by atoms with E-state index < -0.39 is 4.92 Å². The molecule has 1 aromatic rings. The van der Waals surface area contributed by atoms with Crippen LogP contribution in [0.3, 0.4) is 0 Å². The van der Waals surface area contributed by atoms with E-state index in [0.29, 0.717) is 10.9 Å². The lowest BCUT2D eigenvalue weighted by molar-refractivity contribution is -0.385. The van der Waals surface area contributed by atoms with Crippen molar-refractivity contribution in [1.82, 2.24) is 0 Å². The van der Waals surface area contributed by atoms with Gasteiger partial charge in [-0.1, -0.05) is 13.0 Å². The maximum absolute atomic E-state index is 11.1. The first-order chi connectivity index (χ1) is 7.56. The molecular weight excluding hydrogens is 278 g/mol. The van der Waals surface area contributed by atoms with Crippen LogP contribution in [0.15, 0.2) is 22.7 Å². The Morgan fingerprint density at radius 3 is 2.81 bits per heavy atom. The molecule has 86 valence electrons. The minimum Gasteiger partial charge on any atom is -0.478 e. The topological polar surface area (TPSA) is 69.4 Å². The van der Waals surface area contributed by atoms with Crippen molar-refractivity contribution < 1.29 is 14.5 Å². The molecule has 1 aromatic carbocycles. The Balaban J connectivity index is 2.93. The van der Waals surface area contributed by atoms with Gasteiger partial charge in [0.05, 0.1) is 9.40 Å². The lowest BCUT2D eigenvalue weighted by Crippen LogP contribution is -2.10. The third-order valence-electron chi connectivity index (χ3n) is 1.91. The molecule has 0 aromatic heterocycles. The quantitative estimate of drug-likeness (QED) is 0.617. The summed E-state index contributed by atoms with van der Waals surface area (Å²) in [4.78, 5) is 21.2. The fraction of sp³-hybridized carbons (Fsp3) is 0.300. The van der Waals surface area contributed by atoms with Crippen molar-refractivity contribution in [2.24, 2.45) is 0 Å². The molecule has 0 unspecified atom stereocenters. The second-order valence-electron chi connectivity index (χ2n) is 3.03. The molecule has 0 aliphatic carbocycles. The van der Waals surface area contributed by atoms with Crippen molar-refractivity contribution in [2.75, 3.05) is 6.61 Å². The molecule has 0 heterocycles. The summed E-state index contributed by atoms with van der Waals surface area (Å²) in [6.45, 7) is 1.56. The van der Waals surface area contributed by atoms with Crippen molar-refractivity contribution in [3.63, 3.8) is 0 Å². The van der Waals surface area contributed by atoms with E-state index in [4.69, 9.17) is 4.74 Å². The predicted molar refractivity (Wildman–Crippen MR) is 61.6 cm³/mol. The first-order valence-corrected chi connectivity index (χ1v) is 5.43. The molecular formula is C10H10BrNO4. The van der Waals surface area contributed by atoms with E-state index in [1.165, 1.54) is 12.1 Å². The normalized spacial score (nSPS) is 9.88. The third kappa shape index (κ3) is 3.03. The summed E-state index contributed by atoms with van der Waals surface area (Å²) in [7, 11) is 0. The number of ketones is 1. The number of hydrogen-bond donors (Lipinski definition) is 0. The lowest BCUT2D eigenvalue weighted by atomic mass is 10.3. The van der Waals surface area contributed by atoms with Crippen molar-refractivity contribution in [2.45, 2.75) is 13.3 Å². The number of carbonyl (C=O) groups excluding carboxylic acids is 1. The van der Waals surface area contributed by atoms with Crippen LogP contribution in [0.25, 0.3) is 0 Å². The lowest BCUT2D eigenvalue weighted by Gasteiger charge is -2.06. The van der Waals surface area contributed by atoms with Gasteiger partial charge in [-0.3, -0.25) is 14.9 Å². The minimum absolute atomic E-state index is 0.0919. The number of benzene rings is 1. The number of nitro benzene ring substituents is 1. The highest BCUT2D eigenvalue weighted by Gasteiger charge is 2.18. The monoisotopic (exact) mass is 287 g/mol. The van der Waals surface area contributed by atoms with Gasteiger partial charge < -0.3 is 4.74 Å². The van der Waals surface area contributed by atoms with E-state index in [1.807, 2.05) is 0 Å². The molecule has 0 aliphatic heterocycles. The number of halogens is 1. The molecule has 6 heteroatoms. The number of para-hydroxylation sites is 1. The molecule has 0 spiro atoms. The number of hydrogen-bond acceptors (Lipinski definition) is 4. The summed E-state index contributed by atoms with van der Waals surface area (Å²) in [6, 6.07) is 4.49. The van der Waals surface area contributed by atoms with Gasteiger partial charge in [0.25, 0.3) is 0 Å². The first kappa shape index (κ1) is 12.6. The Morgan fingerprint density at radius 1 is 1.56 bits per heavy atom. The summed E-state index contributed by atoms with van der Waals surface area (Å²) in [6.07, 6.45) is 0.345. The number of nitro groups is 1. The minimum atomic E-state index is -0.545. The molecule has 5 nitrogen and oxygen atoms in total. The van der Waals surface area contributed by atoms with Crippen LogP contribution in [0.1, 0.15) is 13.3 Å². The average molecular weight is 288 g/mol. The number of ether oxygens (including phenoxy) is 1. The van der Waals surface area contributed by atoms with Gasteiger partial charge in [-0.05, 0) is 22.0 Å². The van der Waals surface area contributed by atoms with Crippen LogP contribution in [0.5, 0.6) is 5.75 Å². The predicted octanol–water partition coefficient (Wildman–Crippen LogP) is 2.72. The fourth-order valence-electron chi connectivity index (χ4n) is 1.04. The summed E-state index contributed by atoms with van der Waals surface area (Å²) in [5, 5.41) is 10.7. The highest BCUT2D eigenvalue weighted by atomic mass is 79.9. The van der Waals surface area contributed by atoms with Gasteiger partial charge in [0.15, 0.2) is 5.78 Å². The zero-order valence-electron chi connectivity index (χ0n) is 8.60. The van der Waals surface area contributed by atoms with Gasteiger partial charge in [0.1, 0.15) is 6.61 Å². The van der Waals surface area contributed by atoms with Gasteiger partial charge >= 0.3 is 5.69 Å². The molecule has 0 saturated heterocycles. The van der Waals surface area contributed by atoms with Crippen LogP contribution in [-0.4, -0.2) is 17.3 Å². The molecule has 0 radical (unpaired) electrons. The molecule has 0 N–H and O–H groups in total. The van der Waals surface area contributed by atoms with Crippen molar-refractivity contribution in [3.8, 4) is 5.75 Å². The third-order valence-corrected chi connectivity index (χ3v) is 2.54. The second kappa shape index (κ2) is 5.60. The van der Waals surface area contributed by atoms with E-state index in [1.54, 1.807) is 13.0 Å². The van der Waals surface area contributed by atoms with Crippen LogP contribution >= 0.6 is 15.9 Å². The molecule has 0 fully saturated rings. The maximum atomic E-state index is 11.1. The Hall–Kier alpha value is -1.43. The number of nitrogens with zero attached hydrogens (tertiary/aromatic N) is 1. The van der Waals surface area contributed by atoms with Crippen LogP contribution in [0, 0.1) is 10.1 Å². The fourth-order valence-corrected chi connectivity index (χ4v) is 1.51. The van der Waals surface area contributed by atoms with Crippen molar-refractivity contribution >= 4 is 27.4 Å². The smallest absolute Gasteiger partial charge is 0.312 e. The van der Waals surface area contributed by atoms with E-state index in [2.05, 4.69) is 15.9 Å². The van der Waals surface area contributed by atoms with E-state index >= 15 is 0 Å². The maximum Gasteiger partial charge on any atom is 0.312 e. The number of Topliss-reactive ketones (excluding diaryl/α,β-unsaturated/α-hetero) is 1. The van der Waals surface area contributed by atoms with E-state index in [0.717, 1.165) is 0 Å². The number of carbonyl (C=O) groups is 1. The standard InChI is InChI=1S/C10H10BrNO4/c1-2-7(13)6-16-10-8(11)4-3-5-9(10)12(14)15/h3-5H,2,6H2,1H3. The number of rotatable bonds is 5. The van der Waals surface area contributed by atoms with Crippen LogP contribution in [0.4, 0.5) is 5.69 Å². The summed E-state index contributed by atoms with van der Waals surface area (Å²) in [5.41, 5.74) is -0.154. The van der Waals surface area contributed by atoms with E-state index in [-0.39, 0.29) is 23.8 Å². The Morgan fingerprint density at radius 2 is 2.25 bits per heavy atom. The molecule has 1 rings (SSSR count). The Kier molecular flexibility index (Phi) is 4.42. The highest BCUT2D eigenvalue weighted by molar-refractivity contribution is 9.10. The Bertz CT molecular complexity index is 419. The van der Waals surface area contributed by atoms with Gasteiger partial charge in [-0.25, -0.2) is 0 Å². The highest BCUT2D eigenvalue weighted by Crippen LogP contribution is 2.34. The molecule has 0 amide bonds. The van der Waals surface area contributed by atoms with Crippen LogP contribution in [0.2, 0.25) is 0 Å². The molecule has 16 heavy (non-hydrogen) atoms. The molecule has 0 bridgehead atoms. The zero-order valence-corrected chi connectivity index (χ0v) is 10.2. The summed E-state index contributed by atoms with van der Waals surface area (Å²) < 4.78 is 5.61. The average Bonchev–Trinajstić information content (AvgIpc) is 2.26. The van der Waals surface area contributed by atoms with E-state index in [9.17, 15) is 14.9 Å². The van der Waals surface area contributed by atoms with Gasteiger partial charge in [0.2, 0.25) is 5.75 Å². The first-order valence-electron chi connectivity index (χ1n) is 4.63. The largest absolute Gasteiger partial charge is 0.478 e. The van der Waals surface area contributed by atoms with Crippen LogP contribution in [-0.2, 0) is 4.79 Å². The van der Waals surface area contributed by atoms with Gasteiger partial charge in [-0.15, -0.1) is 0 Å². The van der Waals surface area contributed by atoms with Gasteiger partial charge in [-0.2, -0.15) is 0 Å². The summed E-state index contributed by atoms with van der Waals surface area (Å²) in [5.74, 6) is -0.0145. The zero-order chi connectivity index (χ0) is 12.1. The molecule has 0 aliphatic rings. The van der Waals surface area contributed by atoms with Crippen molar-refractivity contribution in [1.29, 1.82) is 0 Å². The Labute approximate surface area is 101 Å². The molecule has 0 atom stereocenters. The van der Waals surface area contributed by atoms with Crippen LogP contribution < -0.4 is 4.74 Å².